The Morgan fingerprint density at radius 2 is 2.00 bits per heavy atom. The number of anilines is 1. The van der Waals surface area contributed by atoms with Crippen molar-refractivity contribution in [3.8, 4) is 11.5 Å². The van der Waals surface area contributed by atoms with Crippen LogP contribution < -0.4 is 14.8 Å². The molecule has 0 atom stereocenters. The maximum Gasteiger partial charge on any atom is 0.248 e. The number of para-hydroxylation sites is 1. The number of nitrogens with one attached hydrogen (secondary N) is 1. The van der Waals surface area contributed by atoms with Crippen LogP contribution in [0, 0.1) is 0 Å². The Morgan fingerprint density at radius 3 is 2.81 bits per heavy atom. The Labute approximate surface area is 152 Å². The summed E-state index contributed by atoms with van der Waals surface area (Å²) in [7, 11) is 1.60. The van der Waals surface area contributed by atoms with E-state index in [0.717, 1.165) is 16.5 Å². The summed E-state index contributed by atoms with van der Waals surface area (Å²) in [5.41, 5.74) is 2.40. The van der Waals surface area contributed by atoms with Gasteiger partial charge in [-0.25, -0.2) is 0 Å². The van der Waals surface area contributed by atoms with Gasteiger partial charge in [0.2, 0.25) is 5.91 Å². The first-order chi connectivity index (χ1) is 12.7. The van der Waals surface area contributed by atoms with Crippen LogP contribution >= 0.6 is 0 Å². The topological polar surface area (TPSA) is 60.5 Å². The van der Waals surface area contributed by atoms with Gasteiger partial charge in [-0.15, -0.1) is 0 Å². The van der Waals surface area contributed by atoms with Gasteiger partial charge in [-0.1, -0.05) is 24.3 Å². The van der Waals surface area contributed by atoms with Gasteiger partial charge in [0.15, 0.2) is 11.5 Å². The number of hydrogen-bond acceptors (Lipinski definition) is 4. The van der Waals surface area contributed by atoms with E-state index in [1.54, 1.807) is 19.4 Å². The SMILES string of the molecule is CCOc1cc(/C=C/C(=O)Nc2cnc3ccccc3c2)ccc1OC. The zero-order valence-corrected chi connectivity index (χ0v) is 14.7. The number of carbonyl (C=O) groups is 1. The number of amides is 1. The fourth-order valence-electron chi connectivity index (χ4n) is 2.56. The lowest BCUT2D eigenvalue weighted by Crippen LogP contribution is -2.07. The number of benzene rings is 2. The summed E-state index contributed by atoms with van der Waals surface area (Å²) in [5.74, 6) is 1.09. The summed E-state index contributed by atoms with van der Waals surface area (Å²) in [4.78, 5) is 16.5. The van der Waals surface area contributed by atoms with Gasteiger partial charge in [0.1, 0.15) is 0 Å². The van der Waals surface area contributed by atoms with Crippen molar-refractivity contribution in [3.05, 3.63) is 66.4 Å². The average molecular weight is 348 g/mol. The van der Waals surface area contributed by atoms with E-state index in [0.29, 0.717) is 23.8 Å². The van der Waals surface area contributed by atoms with Gasteiger partial charge in [-0.2, -0.15) is 0 Å². The lowest BCUT2D eigenvalue weighted by atomic mass is 10.2. The van der Waals surface area contributed by atoms with Gasteiger partial charge >= 0.3 is 0 Å². The molecule has 0 bridgehead atoms. The Morgan fingerprint density at radius 1 is 1.15 bits per heavy atom. The van der Waals surface area contributed by atoms with Gasteiger partial charge in [0.05, 0.1) is 31.1 Å². The number of methoxy groups -OCH3 is 1. The molecule has 0 aliphatic rings. The zero-order chi connectivity index (χ0) is 18.4. The molecule has 0 aliphatic heterocycles. The number of nitrogens with zero attached hydrogens (tertiary/aromatic N) is 1. The maximum atomic E-state index is 12.2. The molecule has 1 N–H and O–H groups in total. The summed E-state index contributed by atoms with van der Waals surface area (Å²) in [5, 5.41) is 3.80. The molecule has 1 aromatic heterocycles. The van der Waals surface area contributed by atoms with Crippen LogP contribution in [0.25, 0.3) is 17.0 Å². The molecule has 1 heterocycles. The third kappa shape index (κ3) is 4.19. The number of pyridine rings is 1. The van der Waals surface area contributed by atoms with E-state index in [2.05, 4.69) is 10.3 Å². The quantitative estimate of drug-likeness (QED) is 0.675. The van der Waals surface area contributed by atoms with Crippen LogP contribution in [0.5, 0.6) is 11.5 Å². The second-order valence-electron chi connectivity index (χ2n) is 5.58. The van der Waals surface area contributed by atoms with Crippen molar-refractivity contribution in [2.75, 3.05) is 19.0 Å². The van der Waals surface area contributed by atoms with Gasteiger partial charge < -0.3 is 14.8 Å². The van der Waals surface area contributed by atoms with Crippen molar-refractivity contribution in [1.82, 2.24) is 4.98 Å². The molecule has 0 saturated carbocycles. The van der Waals surface area contributed by atoms with Gasteiger partial charge in [0, 0.05) is 11.5 Å². The molecule has 5 nitrogen and oxygen atoms in total. The highest BCUT2D eigenvalue weighted by Gasteiger charge is 2.05. The van der Waals surface area contributed by atoms with Crippen LogP contribution in [0.2, 0.25) is 0 Å². The molecular weight excluding hydrogens is 328 g/mol. The number of rotatable bonds is 6. The fourth-order valence-corrected chi connectivity index (χ4v) is 2.56. The Kier molecular flexibility index (Phi) is 5.49. The summed E-state index contributed by atoms with van der Waals surface area (Å²) in [6.45, 7) is 2.45. The predicted molar refractivity (Wildman–Crippen MR) is 104 cm³/mol. The molecule has 0 spiro atoms. The molecule has 0 radical (unpaired) electrons. The molecule has 1 amide bonds. The van der Waals surface area contributed by atoms with Crippen LogP contribution in [-0.4, -0.2) is 24.6 Å². The molecular formula is C21H20N2O3. The van der Waals surface area contributed by atoms with E-state index in [-0.39, 0.29) is 5.91 Å². The normalized spacial score (nSPS) is 10.8. The highest BCUT2D eigenvalue weighted by Crippen LogP contribution is 2.28. The first-order valence-electron chi connectivity index (χ1n) is 8.34. The molecule has 0 fully saturated rings. The molecule has 5 heteroatoms. The molecule has 132 valence electrons. The minimum Gasteiger partial charge on any atom is -0.493 e. The Balaban J connectivity index is 1.71. The second-order valence-corrected chi connectivity index (χ2v) is 5.58. The number of hydrogen-bond donors (Lipinski definition) is 1. The second kappa shape index (κ2) is 8.16. The average Bonchev–Trinajstić information content (AvgIpc) is 2.67. The van der Waals surface area contributed by atoms with Crippen molar-refractivity contribution < 1.29 is 14.3 Å². The standard InChI is InChI=1S/C21H20N2O3/c1-3-26-20-12-15(8-10-19(20)25-2)9-11-21(24)23-17-13-16-6-4-5-7-18(16)22-14-17/h4-14H,3H2,1-2H3,(H,23,24)/b11-9+. The molecule has 2 aromatic carbocycles. The van der Waals surface area contributed by atoms with Crippen molar-refractivity contribution in [1.29, 1.82) is 0 Å². The van der Waals surface area contributed by atoms with E-state index < -0.39 is 0 Å². The van der Waals surface area contributed by atoms with Gasteiger partial charge in [0.25, 0.3) is 0 Å². The first-order valence-corrected chi connectivity index (χ1v) is 8.34. The Bertz CT molecular complexity index is 951. The zero-order valence-electron chi connectivity index (χ0n) is 14.7. The minimum absolute atomic E-state index is 0.226. The van der Waals surface area contributed by atoms with E-state index in [9.17, 15) is 4.79 Å². The highest BCUT2D eigenvalue weighted by atomic mass is 16.5. The largest absolute Gasteiger partial charge is 0.493 e. The predicted octanol–water partition coefficient (Wildman–Crippen LogP) is 4.29. The molecule has 0 unspecified atom stereocenters. The van der Waals surface area contributed by atoms with Gasteiger partial charge in [-0.05, 0) is 42.8 Å². The van der Waals surface area contributed by atoms with Crippen molar-refractivity contribution in [2.45, 2.75) is 6.92 Å². The lowest BCUT2D eigenvalue weighted by Gasteiger charge is -2.09. The van der Waals surface area contributed by atoms with Crippen LogP contribution in [0.15, 0.2) is 60.8 Å². The molecule has 0 saturated heterocycles. The van der Waals surface area contributed by atoms with Crippen molar-refractivity contribution in [2.24, 2.45) is 0 Å². The highest BCUT2D eigenvalue weighted by molar-refractivity contribution is 6.02. The van der Waals surface area contributed by atoms with Crippen LogP contribution in [-0.2, 0) is 4.79 Å². The molecule has 0 aliphatic carbocycles. The van der Waals surface area contributed by atoms with E-state index in [1.807, 2.05) is 55.5 Å². The van der Waals surface area contributed by atoms with Crippen molar-refractivity contribution in [3.63, 3.8) is 0 Å². The molecule has 3 aromatic rings. The minimum atomic E-state index is -0.226. The summed E-state index contributed by atoms with van der Waals surface area (Å²) < 4.78 is 10.8. The number of fused-ring (bicyclic) bond motifs is 1. The van der Waals surface area contributed by atoms with E-state index >= 15 is 0 Å². The number of carbonyl (C=O) groups excluding carboxylic acids is 1. The monoisotopic (exact) mass is 348 g/mol. The summed E-state index contributed by atoms with van der Waals surface area (Å²) in [6.07, 6.45) is 4.85. The molecule has 26 heavy (non-hydrogen) atoms. The van der Waals surface area contributed by atoms with Crippen LogP contribution in [0.3, 0.4) is 0 Å². The summed E-state index contributed by atoms with van der Waals surface area (Å²) >= 11 is 0. The number of ether oxygens (including phenoxy) is 2. The first kappa shape index (κ1) is 17.5. The summed E-state index contributed by atoms with van der Waals surface area (Å²) in [6, 6.07) is 15.2. The lowest BCUT2D eigenvalue weighted by molar-refractivity contribution is -0.111. The number of aromatic nitrogens is 1. The fraction of sp³-hybridized carbons (Fsp3) is 0.143. The van der Waals surface area contributed by atoms with Gasteiger partial charge in [-0.3, -0.25) is 9.78 Å². The van der Waals surface area contributed by atoms with E-state index in [4.69, 9.17) is 9.47 Å². The van der Waals surface area contributed by atoms with Crippen LogP contribution in [0.4, 0.5) is 5.69 Å². The Hall–Kier alpha value is -3.34. The van der Waals surface area contributed by atoms with Crippen molar-refractivity contribution >= 4 is 28.6 Å². The molecule has 3 rings (SSSR count). The van der Waals surface area contributed by atoms with E-state index in [1.165, 1.54) is 6.08 Å². The third-order valence-corrected chi connectivity index (χ3v) is 3.77. The van der Waals surface area contributed by atoms with Crippen LogP contribution in [0.1, 0.15) is 12.5 Å². The third-order valence-electron chi connectivity index (χ3n) is 3.77. The maximum absolute atomic E-state index is 12.2. The smallest absolute Gasteiger partial charge is 0.248 e.